The number of esters is 1. The Morgan fingerprint density at radius 3 is 2.94 bits per heavy atom. The molecule has 0 fully saturated rings. The summed E-state index contributed by atoms with van der Waals surface area (Å²) in [5.74, 6) is -0.388. The van der Waals surface area contributed by atoms with E-state index in [0.717, 1.165) is 15.4 Å². The van der Waals surface area contributed by atoms with Gasteiger partial charge < -0.3 is 4.74 Å². The molecular weight excluding hydrogens is 305 g/mol. The zero-order chi connectivity index (χ0) is 12.4. The van der Waals surface area contributed by atoms with E-state index < -0.39 is 0 Å². The Morgan fingerprint density at radius 1 is 1.47 bits per heavy atom. The van der Waals surface area contributed by atoms with Crippen molar-refractivity contribution >= 4 is 44.4 Å². The molecule has 17 heavy (non-hydrogen) atoms. The number of aromatic nitrogens is 1. The van der Waals surface area contributed by atoms with E-state index >= 15 is 0 Å². The fourth-order valence-electron chi connectivity index (χ4n) is 1.48. The molecule has 0 radical (unpaired) electrons. The van der Waals surface area contributed by atoms with Crippen LogP contribution < -0.4 is 0 Å². The van der Waals surface area contributed by atoms with Gasteiger partial charge in [-0.05, 0) is 25.1 Å². The first-order valence-corrected chi connectivity index (χ1v) is 6.21. The normalized spacial score (nSPS) is 10.5. The van der Waals surface area contributed by atoms with Crippen LogP contribution in [0.3, 0.4) is 0 Å². The average Bonchev–Trinajstić information content (AvgIpc) is 2.28. The van der Waals surface area contributed by atoms with Crippen LogP contribution in [0.2, 0.25) is 5.02 Å². The van der Waals surface area contributed by atoms with Crippen molar-refractivity contribution in [2.24, 2.45) is 0 Å². The van der Waals surface area contributed by atoms with Crippen molar-refractivity contribution < 1.29 is 9.53 Å². The Bertz CT molecular complexity index is 586. The van der Waals surface area contributed by atoms with E-state index in [2.05, 4.69) is 20.9 Å². The summed E-state index contributed by atoms with van der Waals surface area (Å²) in [5.41, 5.74) is 1.14. The van der Waals surface area contributed by atoms with Crippen LogP contribution in [0, 0.1) is 0 Å². The number of nitrogens with zero attached hydrogens (tertiary/aromatic N) is 1. The highest BCUT2D eigenvalue weighted by atomic mass is 79.9. The molecule has 0 amide bonds. The van der Waals surface area contributed by atoms with E-state index in [9.17, 15) is 4.79 Å². The molecule has 88 valence electrons. The molecule has 0 atom stereocenters. The van der Waals surface area contributed by atoms with E-state index in [1.54, 1.807) is 19.1 Å². The van der Waals surface area contributed by atoms with Crippen molar-refractivity contribution in [3.05, 3.63) is 39.5 Å². The zero-order valence-corrected chi connectivity index (χ0v) is 11.4. The lowest BCUT2D eigenvalue weighted by Crippen LogP contribution is -2.05. The minimum Gasteiger partial charge on any atom is -0.462 e. The molecule has 0 aliphatic heterocycles. The largest absolute Gasteiger partial charge is 0.462 e. The van der Waals surface area contributed by atoms with Gasteiger partial charge >= 0.3 is 5.97 Å². The Balaban J connectivity index is 2.54. The summed E-state index contributed by atoms with van der Waals surface area (Å²) in [4.78, 5) is 15.7. The van der Waals surface area contributed by atoms with Crippen LogP contribution in [0.4, 0.5) is 0 Å². The maximum Gasteiger partial charge on any atom is 0.339 e. The van der Waals surface area contributed by atoms with E-state index in [1.165, 1.54) is 6.20 Å². The van der Waals surface area contributed by atoms with E-state index in [4.69, 9.17) is 16.3 Å². The van der Waals surface area contributed by atoms with Gasteiger partial charge in [0.05, 0.1) is 22.7 Å². The SMILES string of the molecule is CCOC(=O)c1cnc2cc(Br)cc(Cl)c2c1. The number of pyridine rings is 1. The Labute approximate surface area is 112 Å². The number of benzene rings is 1. The third-order valence-electron chi connectivity index (χ3n) is 2.23. The second-order valence-corrected chi connectivity index (χ2v) is 4.72. The van der Waals surface area contributed by atoms with E-state index in [1.807, 2.05) is 6.07 Å². The molecule has 5 heteroatoms. The number of rotatable bonds is 2. The van der Waals surface area contributed by atoms with Gasteiger partial charge in [0.2, 0.25) is 0 Å². The summed E-state index contributed by atoms with van der Waals surface area (Å²) >= 11 is 9.43. The van der Waals surface area contributed by atoms with Crippen LogP contribution in [-0.4, -0.2) is 17.6 Å². The number of fused-ring (bicyclic) bond motifs is 1. The highest BCUT2D eigenvalue weighted by Gasteiger charge is 2.10. The number of carbonyl (C=O) groups excluding carboxylic acids is 1. The fourth-order valence-corrected chi connectivity index (χ4v) is 2.33. The Morgan fingerprint density at radius 2 is 2.24 bits per heavy atom. The van der Waals surface area contributed by atoms with Gasteiger partial charge in [0.25, 0.3) is 0 Å². The average molecular weight is 315 g/mol. The predicted octanol–water partition coefficient (Wildman–Crippen LogP) is 3.83. The van der Waals surface area contributed by atoms with Crippen LogP contribution in [-0.2, 0) is 4.74 Å². The fraction of sp³-hybridized carbons (Fsp3) is 0.167. The smallest absolute Gasteiger partial charge is 0.339 e. The van der Waals surface area contributed by atoms with Gasteiger partial charge in [-0.25, -0.2) is 4.79 Å². The van der Waals surface area contributed by atoms with Crippen molar-refractivity contribution in [2.45, 2.75) is 6.92 Å². The Hall–Kier alpha value is -1.13. The molecule has 0 N–H and O–H groups in total. The summed E-state index contributed by atoms with van der Waals surface area (Å²) in [6.45, 7) is 2.10. The topological polar surface area (TPSA) is 39.2 Å². The van der Waals surface area contributed by atoms with Gasteiger partial charge in [-0.3, -0.25) is 4.98 Å². The molecule has 0 saturated carbocycles. The number of carbonyl (C=O) groups is 1. The van der Waals surface area contributed by atoms with Crippen LogP contribution in [0.15, 0.2) is 28.9 Å². The zero-order valence-electron chi connectivity index (χ0n) is 9.04. The lowest BCUT2D eigenvalue weighted by molar-refractivity contribution is 0.0526. The molecule has 3 nitrogen and oxygen atoms in total. The van der Waals surface area contributed by atoms with Gasteiger partial charge in [-0.15, -0.1) is 0 Å². The van der Waals surface area contributed by atoms with Crippen molar-refractivity contribution in [1.29, 1.82) is 0 Å². The van der Waals surface area contributed by atoms with E-state index in [-0.39, 0.29) is 5.97 Å². The Kier molecular flexibility index (Phi) is 3.64. The number of ether oxygens (including phenoxy) is 1. The van der Waals surface area contributed by atoms with E-state index in [0.29, 0.717) is 17.2 Å². The molecule has 1 heterocycles. The lowest BCUT2D eigenvalue weighted by Gasteiger charge is -2.05. The van der Waals surface area contributed by atoms with Gasteiger partial charge in [0.15, 0.2) is 0 Å². The summed E-state index contributed by atoms with van der Waals surface area (Å²) in [6.07, 6.45) is 1.49. The maximum atomic E-state index is 11.6. The van der Waals surface area contributed by atoms with Gasteiger partial charge in [0, 0.05) is 16.1 Å². The minimum absolute atomic E-state index is 0.338. The molecule has 1 aromatic carbocycles. The summed E-state index contributed by atoms with van der Waals surface area (Å²) in [7, 11) is 0. The van der Waals surface area contributed by atoms with Crippen molar-refractivity contribution in [3.8, 4) is 0 Å². The van der Waals surface area contributed by atoms with Crippen LogP contribution in [0.1, 0.15) is 17.3 Å². The number of halogens is 2. The third kappa shape index (κ3) is 2.58. The standard InChI is InChI=1S/C12H9BrClNO2/c1-2-17-12(16)7-3-9-10(14)4-8(13)5-11(9)15-6-7/h3-6H,2H2,1H3. The molecule has 2 aromatic rings. The third-order valence-corrected chi connectivity index (χ3v) is 3.00. The molecule has 0 bridgehead atoms. The molecule has 0 spiro atoms. The summed E-state index contributed by atoms with van der Waals surface area (Å²) < 4.78 is 5.76. The highest BCUT2D eigenvalue weighted by molar-refractivity contribution is 9.10. The summed E-state index contributed by atoms with van der Waals surface area (Å²) in [6, 6.07) is 5.30. The molecule has 0 unspecified atom stereocenters. The van der Waals surface area contributed by atoms with Crippen molar-refractivity contribution in [1.82, 2.24) is 4.98 Å². The second kappa shape index (κ2) is 5.02. The van der Waals surface area contributed by atoms with Gasteiger partial charge in [-0.1, -0.05) is 27.5 Å². The molecule has 0 aliphatic carbocycles. The second-order valence-electron chi connectivity index (χ2n) is 3.40. The molecule has 2 rings (SSSR count). The van der Waals surface area contributed by atoms with Gasteiger partial charge in [0.1, 0.15) is 0 Å². The monoisotopic (exact) mass is 313 g/mol. The molecule has 0 saturated heterocycles. The van der Waals surface area contributed by atoms with Crippen LogP contribution >= 0.6 is 27.5 Å². The molecule has 1 aromatic heterocycles. The summed E-state index contributed by atoms with van der Waals surface area (Å²) in [5, 5.41) is 1.29. The first kappa shape index (κ1) is 12.3. The first-order valence-electron chi connectivity index (χ1n) is 5.03. The predicted molar refractivity (Wildman–Crippen MR) is 70.4 cm³/mol. The minimum atomic E-state index is -0.388. The quantitative estimate of drug-likeness (QED) is 0.791. The highest BCUT2D eigenvalue weighted by Crippen LogP contribution is 2.27. The first-order chi connectivity index (χ1) is 8.11. The molecule has 0 aliphatic rings. The number of hydrogen-bond donors (Lipinski definition) is 0. The van der Waals surface area contributed by atoms with Crippen LogP contribution in [0.5, 0.6) is 0 Å². The van der Waals surface area contributed by atoms with Gasteiger partial charge in [-0.2, -0.15) is 0 Å². The van der Waals surface area contributed by atoms with Crippen LogP contribution in [0.25, 0.3) is 10.9 Å². The maximum absolute atomic E-state index is 11.6. The number of hydrogen-bond acceptors (Lipinski definition) is 3. The van der Waals surface area contributed by atoms with Crippen molar-refractivity contribution in [3.63, 3.8) is 0 Å². The lowest BCUT2D eigenvalue weighted by atomic mass is 10.1. The van der Waals surface area contributed by atoms with Crippen molar-refractivity contribution in [2.75, 3.05) is 6.61 Å². The molecular formula is C12H9BrClNO2.